The molecule has 5 nitrogen and oxygen atoms in total. The number of nitrogens with zero attached hydrogens (tertiary/aromatic N) is 2. The molecule has 0 fully saturated rings. The summed E-state index contributed by atoms with van der Waals surface area (Å²) < 4.78 is 1.80. The van der Waals surface area contributed by atoms with Gasteiger partial charge in [-0.15, -0.1) is 12.4 Å². The lowest BCUT2D eigenvalue weighted by molar-refractivity contribution is -0.116. The average molecular weight is 301 g/mol. The first-order valence-electron chi connectivity index (χ1n) is 7.27. The summed E-state index contributed by atoms with van der Waals surface area (Å²) in [5, 5.41) is 7.47. The summed E-state index contributed by atoms with van der Waals surface area (Å²) in [6.45, 7) is 0.743. The molecule has 0 aromatic carbocycles. The molecule has 2 rings (SSSR count). The zero-order chi connectivity index (χ0) is 13.7. The molecule has 20 heavy (non-hydrogen) atoms. The van der Waals surface area contributed by atoms with Crippen LogP contribution in [0.3, 0.4) is 0 Å². The number of carbonyl (C=O) groups excluding carboxylic acids is 1. The first-order chi connectivity index (χ1) is 9.22. The van der Waals surface area contributed by atoms with Gasteiger partial charge in [-0.25, -0.2) is 0 Å². The highest BCUT2D eigenvalue weighted by atomic mass is 35.5. The maximum atomic E-state index is 11.9. The molecule has 1 aliphatic rings. The van der Waals surface area contributed by atoms with E-state index in [9.17, 15) is 4.79 Å². The Hall–Kier alpha value is -1.07. The Kier molecular flexibility index (Phi) is 7.02. The molecule has 0 unspecified atom stereocenters. The summed E-state index contributed by atoms with van der Waals surface area (Å²) in [4.78, 5) is 11.9. The van der Waals surface area contributed by atoms with Crippen molar-refractivity contribution >= 4 is 24.1 Å². The number of hydrogen-bond acceptors (Lipinski definition) is 3. The highest BCUT2D eigenvalue weighted by Gasteiger charge is 2.21. The Bertz CT molecular complexity index is 445. The van der Waals surface area contributed by atoms with Crippen LogP contribution in [0, 0.1) is 0 Å². The summed E-state index contributed by atoms with van der Waals surface area (Å²) in [6.07, 6.45) is 8.00. The highest BCUT2D eigenvalue weighted by Crippen LogP contribution is 2.28. The number of nitrogens with two attached hydrogens (primary N) is 1. The van der Waals surface area contributed by atoms with Crippen molar-refractivity contribution in [1.82, 2.24) is 9.78 Å². The zero-order valence-electron chi connectivity index (χ0n) is 12.2. The quantitative estimate of drug-likeness (QED) is 0.758. The maximum absolute atomic E-state index is 11.9. The minimum atomic E-state index is 0. The van der Waals surface area contributed by atoms with Gasteiger partial charge in [-0.2, -0.15) is 5.10 Å². The lowest BCUT2D eigenvalue weighted by Gasteiger charge is -2.07. The third kappa shape index (κ3) is 4.21. The number of nitrogens with one attached hydrogen (secondary N) is 1. The Balaban J connectivity index is 0.00000200. The van der Waals surface area contributed by atoms with Crippen LogP contribution in [0.15, 0.2) is 0 Å². The van der Waals surface area contributed by atoms with E-state index in [-0.39, 0.29) is 18.3 Å². The molecule has 1 amide bonds. The van der Waals surface area contributed by atoms with E-state index in [1.54, 1.807) is 4.68 Å². The molecular weight excluding hydrogens is 276 g/mol. The predicted octanol–water partition coefficient (Wildman–Crippen LogP) is 2.18. The van der Waals surface area contributed by atoms with E-state index in [0.717, 1.165) is 63.0 Å². The Morgan fingerprint density at radius 1 is 1.30 bits per heavy atom. The fourth-order valence-electron chi connectivity index (χ4n) is 2.65. The summed E-state index contributed by atoms with van der Waals surface area (Å²) >= 11 is 0. The van der Waals surface area contributed by atoms with E-state index in [0.29, 0.717) is 6.42 Å². The van der Waals surface area contributed by atoms with E-state index in [4.69, 9.17) is 5.73 Å². The summed E-state index contributed by atoms with van der Waals surface area (Å²) in [6, 6.07) is 0. The molecule has 1 heterocycles. The highest BCUT2D eigenvalue weighted by molar-refractivity contribution is 5.90. The first-order valence-corrected chi connectivity index (χ1v) is 7.27. The largest absolute Gasteiger partial charge is 0.330 e. The van der Waals surface area contributed by atoms with Crippen molar-refractivity contribution in [2.24, 2.45) is 12.8 Å². The maximum Gasteiger partial charge on any atom is 0.225 e. The number of carbonyl (C=O) groups is 1. The monoisotopic (exact) mass is 300 g/mol. The molecule has 0 saturated heterocycles. The SMILES string of the molecule is Cl.Cn1nc2c(c1NC(=O)CCCCCCN)CCC2. The number of unbranched alkanes of at least 4 members (excludes halogenated alkanes) is 3. The van der Waals surface area contributed by atoms with Gasteiger partial charge < -0.3 is 11.1 Å². The summed E-state index contributed by atoms with van der Waals surface area (Å²) in [5.74, 6) is 1.00. The summed E-state index contributed by atoms with van der Waals surface area (Å²) in [5.41, 5.74) is 7.83. The smallest absolute Gasteiger partial charge is 0.225 e. The molecule has 1 aliphatic carbocycles. The number of halogens is 1. The van der Waals surface area contributed by atoms with Gasteiger partial charge in [0.15, 0.2) is 0 Å². The van der Waals surface area contributed by atoms with Gasteiger partial charge in [-0.05, 0) is 38.6 Å². The molecule has 3 N–H and O–H groups in total. The standard InChI is InChI=1S/C14H24N4O.ClH/c1-18-14(11-7-6-8-12(11)17-18)16-13(19)9-4-2-3-5-10-15;/h2-10,15H2,1H3,(H,16,19);1H. The molecule has 0 spiro atoms. The van der Waals surface area contributed by atoms with Gasteiger partial charge in [0.2, 0.25) is 5.91 Å². The van der Waals surface area contributed by atoms with Gasteiger partial charge in [0.25, 0.3) is 0 Å². The second kappa shape index (κ2) is 8.27. The van der Waals surface area contributed by atoms with Crippen LogP contribution in [0.4, 0.5) is 5.82 Å². The van der Waals surface area contributed by atoms with Gasteiger partial charge in [0.05, 0.1) is 5.69 Å². The zero-order valence-corrected chi connectivity index (χ0v) is 13.0. The molecule has 0 atom stereocenters. The van der Waals surface area contributed by atoms with Crippen LogP contribution in [-0.4, -0.2) is 22.2 Å². The van der Waals surface area contributed by atoms with E-state index >= 15 is 0 Å². The third-order valence-corrected chi connectivity index (χ3v) is 3.68. The number of aryl methyl sites for hydroxylation is 2. The topological polar surface area (TPSA) is 72.9 Å². The van der Waals surface area contributed by atoms with Gasteiger partial charge in [-0.1, -0.05) is 12.8 Å². The summed E-state index contributed by atoms with van der Waals surface area (Å²) in [7, 11) is 1.90. The van der Waals surface area contributed by atoms with E-state index in [1.807, 2.05) is 7.05 Å². The van der Waals surface area contributed by atoms with Crippen LogP contribution in [0.2, 0.25) is 0 Å². The van der Waals surface area contributed by atoms with Gasteiger partial charge >= 0.3 is 0 Å². The Morgan fingerprint density at radius 2 is 2.05 bits per heavy atom. The van der Waals surface area contributed by atoms with Crippen LogP contribution in [-0.2, 0) is 24.7 Å². The van der Waals surface area contributed by atoms with Crippen molar-refractivity contribution in [3.63, 3.8) is 0 Å². The molecular formula is C14H25ClN4O. The van der Waals surface area contributed by atoms with Crippen LogP contribution in [0.5, 0.6) is 0 Å². The number of amides is 1. The second-order valence-electron chi connectivity index (χ2n) is 5.25. The van der Waals surface area contributed by atoms with Gasteiger partial charge in [0, 0.05) is 19.0 Å². The molecule has 1 aromatic rings. The third-order valence-electron chi connectivity index (χ3n) is 3.68. The molecule has 6 heteroatoms. The number of fused-ring (bicyclic) bond motifs is 1. The molecule has 0 saturated carbocycles. The molecule has 0 radical (unpaired) electrons. The molecule has 0 aliphatic heterocycles. The number of hydrogen-bond donors (Lipinski definition) is 2. The Morgan fingerprint density at radius 3 is 2.80 bits per heavy atom. The number of rotatable bonds is 7. The van der Waals surface area contributed by atoms with Crippen LogP contribution < -0.4 is 11.1 Å². The van der Waals surface area contributed by atoms with Gasteiger partial charge in [0.1, 0.15) is 5.82 Å². The van der Waals surface area contributed by atoms with E-state index in [2.05, 4.69) is 10.4 Å². The fraction of sp³-hybridized carbons (Fsp3) is 0.714. The van der Waals surface area contributed by atoms with E-state index in [1.165, 1.54) is 5.56 Å². The van der Waals surface area contributed by atoms with Crippen molar-refractivity contribution in [2.75, 3.05) is 11.9 Å². The van der Waals surface area contributed by atoms with E-state index < -0.39 is 0 Å². The average Bonchev–Trinajstić information content (AvgIpc) is 2.93. The van der Waals surface area contributed by atoms with Crippen molar-refractivity contribution in [3.05, 3.63) is 11.3 Å². The van der Waals surface area contributed by atoms with Crippen molar-refractivity contribution in [1.29, 1.82) is 0 Å². The first kappa shape index (κ1) is 17.0. The lowest BCUT2D eigenvalue weighted by atomic mass is 10.1. The fourth-order valence-corrected chi connectivity index (χ4v) is 2.65. The lowest BCUT2D eigenvalue weighted by Crippen LogP contribution is -2.15. The molecule has 0 bridgehead atoms. The predicted molar refractivity (Wildman–Crippen MR) is 83.3 cm³/mol. The minimum absolute atomic E-state index is 0. The number of anilines is 1. The number of aromatic nitrogens is 2. The molecule has 1 aromatic heterocycles. The van der Waals surface area contributed by atoms with Crippen molar-refractivity contribution in [2.45, 2.75) is 51.4 Å². The minimum Gasteiger partial charge on any atom is -0.330 e. The van der Waals surface area contributed by atoms with Crippen LogP contribution >= 0.6 is 12.4 Å². The molecule has 114 valence electrons. The van der Waals surface area contributed by atoms with Gasteiger partial charge in [-0.3, -0.25) is 9.48 Å². The normalized spacial score (nSPS) is 12.9. The second-order valence-corrected chi connectivity index (χ2v) is 5.25. The Labute approximate surface area is 126 Å². The van der Waals surface area contributed by atoms with Crippen LogP contribution in [0.25, 0.3) is 0 Å². The van der Waals surface area contributed by atoms with Crippen molar-refractivity contribution < 1.29 is 4.79 Å². The van der Waals surface area contributed by atoms with Crippen molar-refractivity contribution in [3.8, 4) is 0 Å². The van der Waals surface area contributed by atoms with Crippen LogP contribution in [0.1, 0.15) is 49.8 Å².